The van der Waals surface area contributed by atoms with Crippen LogP contribution in [0.15, 0.2) is 0 Å². The Morgan fingerprint density at radius 2 is 2.25 bits per heavy atom. The van der Waals surface area contributed by atoms with Gasteiger partial charge < -0.3 is 0 Å². The van der Waals surface area contributed by atoms with Crippen molar-refractivity contribution in [2.45, 2.75) is 32.2 Å². The molecule has 1 fully saturated rings. The first-order valence-electron chi connectivity index (χ1n) is 3.29. The maximum absolute atomic E-state index is 5.25. The summed E-state index contributed by atoms with van der Waals surface area (Å²) in [6.07, 6.45) is 3.86. The lowest BCUT2D eigenvalue weighted by molar-refractivity contribution is 0.517. The zero-order valence-corrected chi connectivity index (χ0v) is 5.35. The van der Waals surface area contributed by atoms with E-state index >= 15 is 0 Å². The smallest absolute Gasteiger partial charge is 0.0213 e. The third kappa shape index (κ3) is 1.20. The first-order chi connectivity index (χ1) is 3.83. The number of hydrogen-bond donors (Lipinski definition) is 2. The molecule has 1 aliphatic rings. The van der Waals surface area contributed by atoms with E-state index < -0.39 is 0 Å². The Kier molecular flexibility index (Phi) is 1.86. The highest BCUT2D eigenvalue weighted by molar-refractivity contribution is 4.75. The van der Waals surface area contributed by atoms with Crippen LogP contribution in [0.2, 0.25) is 0 Å². The quantitative estimate of drug-likeness (QED) is 0.388. The van der Waals surface area contributed by atoms with Crippen molar-refractivity contribution < 1.29 is 0 Å². The zero-order valence-electron chi connectivity index (χ0n) is 5.35. The molecular formula is C6H14N2. The van der Waals surface area contributed by atoms with Gasteiger partial charge in [0.15, 0.2) is 0 Å². The van der Waals surface area contributed by atoms with Crippen molar-refractivity contribution in [3.63, 3.8) is 0 Å². The van der Waals surface area contributed by atoms with Crippen LogP contribution in [0.1, 0.15) is 26.2 Å². The van der Waals surface area contributed by atoms with Crippen molar-refractivity contribution >= 4 is 0 Å². The van der Waals surface area contributed by atoms with Gasteiger partial charge in [-0.2, -0.15) is 0 Å². The number of rotatable bonds is 1. The summed E-state index contributed by atoms with van der Waals surface area (Å²) < 4.78 is 0. The Morgan fingerprint density at radius 1 is 1.50 bits per heavy atom. The predicted octanol–water partition coefficient (Wildman–Crippen LogP) is 0.638. The molecule has 3 N–H and O–H groups in total. The molecule has 0 aromatic carbocycles. The van der Waals surface area contributed by atoms with Crippen LogP contribution < -0.4 is 11.3 Å². The van der Waals surface area contributed by atoms with Crippen LogP contribution in [0.4, 0.5) is 0 Å². The van der Waals surface area contributed by atoms with Gasteiger partial charge in [0.1, 0.15) is 0 Å². The summed E-state index contributed by atoms with van der Waals surface area (Å²) in [6, 6.07) is 0.602. The van der Waals surface area contributed by atoms with Gasteiger partial charge >= 0.3 is 0 Å². The minimum atomic E-state index is 0.602. The molecule has 0 aromatic heterocycles. The summed E-state index contributed by atoms with van der Waals surface area (Å²) in [7, 11) is 0. The average Bonchev–Trinajstić information content (AvgIpc) is 2.14. The van der Waals surface area contributed by atoms with Crippen LogP contribution >= 0.6 is 0 Å². The first kappa shape index (κ1) is 6.05. The molecule has 1 aliphatic carbocycles. The van der Waals surface area contributed by atoms with Crippen molar-refractivity contribution in [2.75, 3.05) is 0 Å². The van der Waals surface area contributed by atoms with Gasteiger partial charge in [-0.15, -0.1) is 0 Å². The van der Waals surface area contributed by atoms with E-state index in [-0.39, 0.29) is 0 Å². The monoisotopic (exact) mass is 114 g/mol. The molecule has 0 radical (unpaired) electrons. The third-order valence-electron chi connectivity index (χ3n) is 1.93. The average molecular weight is 114 g/mol. The minimum Gasteiger partial charge on any atom is -0.271 e. The van der Waals surface area contributed by atoms with Gasteiger partial charge in [-0.3, -0.25) is 11.3 Å². The van der Waals surface area contributed by atoms with Crippen molar-refractivity contribution in [2.24, 2.45) is 11.8 Å². The SMILES string of the molecule is C[C@@H]1CC[C@@H](NN)C1. The van der Waals surface area contributed by atoms with E-state index in [1.54, 1.807) is 0 Å². The van der Waals surface area contributed by atoms with E-state index in [0.29, 0.717) is 6.04 Å². The highest BCUT2D eigenvalue weighted by Crippen LogP contribution is 2.23. The van der Waals surface area contributed by atoms with E-state index in [9.17, 15) is 0 Å². The Balaban J connectivity index is 2.22. The van der Waals surface area contributed by atoms with Crippen LogP contribution in [0.5, 0.6) is 0 Å². The largest absolute Gasteiger partial charge is 0.271 e. The van der Waals surface area contributed by atoms with E-state index in [1.165, 1.54) is 19.3 Å². The van der Waals surface area contributed by atoms with E-state index in [4.69, 9.17) is 5.84 Å². The summed E-state index contributed by atoms with van der Waals surface area (Å²) in [4.78, 5) is 0. The normalized spacial score (nSPS) is 38.2. The van der Waals surface area contributed by atoms with E-state index in [0.717, 1.165) is 5.92 Å². The standard InChI is InChI=1S/C6H14N2/c1-5-2-3-6(4-5)8-7/h5-6,8H,2-4,7H2,1H3/t5-,6-/m1/s1. The molecule has 0 heterocycles. The van der Waals surface area contributed by atoms with Crippen molar-refractivity contribution in [1.29, 1.82) is 0 Å². The number of hydrogen-bond acceptors (Lipinski definition) is 2. The van der Waals surface area contributed by atoms with Crippen molar-refractivity contribution in [1.82, 2.24) is 5.43 Å². The number of nitrogens with one attached hydrogen (secondary N) is 1. The van der Waals surface area contributed by atoms with Crippen molar-refractivity contribution in [3.8, 4) is 0 Å². The van der Waals surface area contributed by atoms with Crippen LogP contribution in [-0.4, -0.2) is 6.04 Å². The maximum atomic E-state index is 5.25. The molecule has 2 atom stereocenters. The van der Waals surface area contributed by atoms with E-state index in [2.05, 4.69) is 12.3 Å². The third-order valence-corrected chi connectivity index (χ3v) is 1.93. The predicted molar refractivity (Wildman–Crippen MR) is 34.1 cm³/mol. The summed E-state index contributed by atoms with van der Waals surface area (Å²) in [6.45, 7) is 2.28. The summed E-state index contributed by atoms with van der Waals surface area (Å²) in [5, 5.41) is 0. The molecule has 48 valence electrons. The summed E-state index contributed by atoms with van der Waals surface area (Å²) >= 11 is 0. The molecule has 0 aromatic rings. The molecule has 1 saturated carbocycles. The molecule has 0 aliphatic heterocycles. The van der Waals surface area contributed by atoms with Gasteiger partial charge in [-0.25, -0.2) is 0 Å². The van der Waals surface area contributed by atoms with Gasteiger partial charge in [-0.05, 0) is 25.2 Å². The number of hydrazine groups is 1. The lowest BCUT2D eigenvalue weighted by Crippen LogP contribution is -2.32. The second-order valence-corrected chi connectivity index (χ2v) is 2.78. The molecule has 0 spiro atoms. The second-order valence-electron chi connectivity index (χ2n) is 2.78. The molecule has 2 nitrogen and oxygen atoms in total. The molecule has 1 rings (SSSR count). The van der Waals surface area contributed by atoms with Crippen LogP contribution in [0, 0.1) is 5.92 Å². The highest BCUT2D eigenvalue weighted by atomic mass is 15.2. The first-order valence-corrected chi connectivity index (χ1v) is 3.29. The van der Waals surface area contributed by atoms with Crippen LogP contribution in [0.25, 0.3) is 0 Å². The van der Waals surface area contributed by atoms with Gasteiger partial charge in [0.25, 0.3) is 0 Å². The Labute approximate surface area is 50.4 Å². The van der Waals surface area contributed by atoms with Gasteiger partial charge in [0.05, 0.1) is 0 Å². The summed E-state index contributed by atoms with van der Waals surface area (Å²) in [5.41, 5.74) is 2.79. The Morgan fingerprint density at radius 3 is 2.50 bits per heavy atom. The van der Waals surface area contributed by atoms with E-state index in [1.807, 2.05) is 0 Å². The topological polar surface area (TPSA) is 38.0 Å². The second kappa shape index (κ2) is 2.46. The molecule has 0 amide bonds. The Hall–Kier alpha value is -0.0800. The number of nitrogens with two attached hydrogens (primary N) is 1. The molecule has 2 heteroatoms. The molecule has 0 unspecified atom stereocenters. The van der Waals surface area contributed by atoms with Crippen molar-refractivity contribution in [3.05, 3.63) is 0 Å². The highest BCUT2D eigenvalue weighted by Gasteiger charge is 2.18. The molecular weight excluding hydrogens is 100 g/mol. The fourth-order valence-corrected chi connectivity index (χ4v) is 1.36. The van der Waals surface area contributed by atoms with Crippen LogP contribution in [-0.2, 0) is 0 Å². The fraction of sp³-hybridized carbons (Fsp3) is 1.00. The zero-order chi connectivity index (χ0) is 5.98. The lowest BCUT2D eigenvalue weighted by Gasteiger charge is -2.04. The molecule has 8 heavy (non-hydrogen) atoms. The van der Waals surface area contributed by atoms with Gasteiger partial charge in [0.2, 0.25) is 0 Å². The maximum Gasteiger partial charge on any atom is 0.0213 e. The lowest BCUT2D eigenvalue weighted by atomic mass is 10.1. The van der Waals surface area contributed by atoms with Gasteiger partial charge in [0, 0.05) is 6.04 Å². The minimum absolute atomic E-state index is 0.602. The summed E-state index contributed by atoms with van der Waals surface area (Å²) in [5.74, 6) is 6.13. The molecule has 0 bridgehead atoms. The fourth-order valence-electron chi connectivity index (χ4n) is 1.36. The molecule has 0 saturated heterocycles. The van der Waals surface area contributed by atoms with Gasteiger partial charge in [-0.1, -0.05) is 6.92 Å². The van der Waals surface area contributed by atoms with Crippen LogP contribution in [0.3, 0.4) is 0 Å². The Bertz CT molecular complexity index is 72.9.